The van der Waals surface area contributed by atoms with Crippen LogP contribution in [0.1, 0.15) is 32.4 Å². The highest BCUT2D eigenvalue weighted by Crippen LogP contribution is 2.47. The van der Waals surface area contributed by atoms with Crippen LogP contribution in [-0.4, -0.2) is 48.0 Å². The van der Waals surface area contributed by atoms with E-state index in [2.05, 4.69) is 20.3 Å². The minimum absolute atomic E-state index is 0.0696. The number of aromatic hydroxyl groups is 1. The van der Waals surface area contributed by atoms with Crippen molar-refractivity contribution in [3.8, 4) is 22.7 Å². The SMILES string of the molecule is C[C@]12C/C(=C\c3cnc(-c4ccc(-n5ccnc5)cc4O)cn3)[C@H](F)[C@](C)(C[C@H]1F)N2. The van der Waals surface area contributed by atoms with Crippen LogP contribution in [0.4, 0.5) is 8.78 Å². The molecule has 0 amide bonds. The lowest BCUT2D eigenvalue weighted by molar-refractivity contribution is 0.151. The van der Waals surface area contributed by atoms with Crippen LogP contribution in [0.3, 0.4) is 0 Å². The zero-order valence-corrected chi connectivity index (χ0v) is 17.3. The van der Waals surface area contributed by atoms with Crippen molar-refractivity contribution >= 4 is 6.08 Å². The van der Waals surface area contributed by atoms with Gasteiger partial charge < -0.3 is 15.0 Å². The maximum absolute atomic E-state index is 15.1. The molecule has 8 heteroatoms. The number of halogens is 2. The van der Waals surface area contributed by atoms with Crippen molar-refractivity contribution in [2.24, 2.45) is 0 Å². The van der Waals surface area contributed by atoms with Crippen LogP contribution >= 0.6 is 0 Å². The number of nitrogens with zero attached hydrogens (tertiary/aromatic N) is 4. The third kappa shape index (κ3) is 3.31. The lowest BCUT2D eigenvalue weighted by atomic mass is 9.82. The predicted molar refractivity (Wildman–Crippen MR) is 113 cm³/mol. The van der Waals surface area contributed by atoms with E-state index >= 15 is 4.39 Å². The summed E-state index contributed by atoms with van der Waals surface area (Å²) in [6.07, 6.45) is 7.90. The van der Waals surface area contributed by atoms with Gasteiger partial charge in [-0.3, -0.25) is 9.97 Å². The minimum atomic E-state index is -1.29. The first kappa shape index (κ1) is 19.8. The van der Waals surface area contributed by atoms with E-state index in [4.69, 9.17) is 0 Å². The average Bonchev–Trinajstić information content (AvgIpc) is 3.33. The maximum Gasteiger partial charge on any atom is 0.140 e. The fourth-order valence-electron chi connectivity index (χ4n) is 4.80. The molecule has 2 N–H and O–H groups in total. The maximum atomic E-state index is 15.1. The third-order valence-corrected chi connectivity index (χ3v) is 6.39. The number of hydrogen-bond donors (Lipinski definition) is 2. The molecule has 0 unspecified atom stereocenters. The second-order valence-corrected chi connectivity index (χ2v) is 8.89. The lowest BCUT2D eigenvalue weighted by Gasteiger charge is -2.41. The van der Waals surface area contributed by atoms with Crippen LogP contribution in [0, 0.1) is 0 Å². The summed E-state index contributed by atoms with van der Waals surface area (Å²) in [7, 11) is 0. The highest BCUT2D eigenvalue weighted by atomic mass is 19.1. The number of piperidine rings is 1. The van der Waals surface area contributed by atoms with Crippen LogP contribution in [0.25, 0.3) is 23.0 Å². The van der Waals surface area contributed by atoms with E-state index in [1.165, 1.54) is 0 Å². The molecule has 160 valence electrons. The Morgan fingerprint density at radius 1 is 1.19 bits per heavy atom. The van der Waals surface area contributed by atoms with Crippen LogP contribution in [0.5, 0.6) is 5.75 Å². The smallest absolute Gasteiger partial charge is 0.140 e. The minimum Gasteiger partial charge on any atom is -0.507 e. The van der Waals surface area contributed by atoms with Gasteiger partial charge in [0.15, 0.2) is 0 Å². The monoisotopic (exact) mass is 423 g/mol. The Labute approximate surface area is 178 Å². The van der Waals surface area contributed by atoms with Crippen molar-refractivity contribution in [3.05, 3.63) is 60.6 Å². The van der Waals surface area contributed by atoms with Gasteiger partial charge in [0.25, 0.3) is 0 Å². The van der Waals surface area contributed by atoms with Gasteiger partial charge in [-0.1, -0.05) is 0 Å². The molecule has 2 saturated heterocycles. The molecule has 6 nitrogen and oxygen atoms in total. The summed E-state index contributed by atoms with van der Waals surface area (Å²) < 4.78 is 31.4. The quantitative estimate of drug-likeness (QED) is 0.666. The van der Waals surface area contributed by atoms with Crippen molar-refractivity contribution in [3.63, 3.8) is 0 Å². The Balaban J connectivity index is 1.41. The zero-order chi connectivity index (χ0) is 21.8. The van der Waals surface area contributed by atoms with Gasteiger partial charge in [0.2, 0.25) is 0 Å². The van der Waals surface area contributed by atoms with Crippen molar-refractivity contribution in [1.82, 2.24) is 24.8 Å². The van der Waals surface area contributed by atoms with Crippen molar-refractivity contribution in [1.29, 1.82) is 0 Å². The molecule has 2 aliphatic rings. The van der Waals surface area contributed by atoms with Gasteiger partial charge in [0.05, 0.1) is 46.9 Å². The first-order chi connectivity index (χ1) is 14.8. The Morgan fingerprint density at radius 2 is 2.03 bits per heavy atom. The standard InChI is InChI=1S/C23H23F2N5O/c1-22-9-14(21(25)23(2,29-22)10-20(22)24)7-15-11-28-18(12-27-15)17-4-3-16(8-19(17)31)30-6-5-26-13-30/h3-8,11-13,20-21,29,31H,9-10H2,1-2H3/b14-7+/t20-,21+,22+,23+/m1/s1. The normalized spacial score (nSPS) is 31.3. The second kappa shape index (κ2) is 6.95. The molecule has 3 aromatic rings. The molecule has 4 heterocycles. The summed E-state index contributed by atoms with van der Waals surface area (Å²) in [4.78, 5) is 12.8. The van der Waals surface area contributed by atoms with Crippen molar-refractivity contribution < 1.29 is 13.9 Å². The van der Waals surface area contributed by atoms with E-state index in [1.807, 2.05) is 6.07 Å². The third-order valence-electron chi connectivity index (χ3n) is 6.39. The number of nitrogens with one attached hydrogen (secondary N) is 1. The van der Waals surface area contributed by atoms with Crippen molar-refractivity contribution in [2.45, 2.75) is 50.1 Å². The molecule has 0 aliphatic carbocycles. The van der Waals surface area contributed by atoms with E-state index in [0.29, 0.717) is 22.5 Å². The van der Waals surface area contributed by atoms with E-state index in [-0.39, 0.29) is 18.6 Å². The number of benzene rings is 1. The van der Waals surface area contributed by atoms with Gasteiger partial charge in [-0.15, -0.1) is 0 Å². The van der Waals surface area contributed by atoms with Crippen molar-refractivity contribution in [2.75, 3.05) is 0 Å². The highest BCUT2D eigenvalue weighted by molar-refractivity contribution is 5.68. The molecule has 1 aromatic carbocycles. The highest BCUT2D eigenvalue weighted by Gasteiger charge is 2.58. The van der Waals surface area contributed by atoms with E-state index in [9.17, 15) is 9.50 Å². The largest absolute Gasteiger partial charge is 0.507 e. The van der Waals surface area contributed by atoms with Gasteiger partial charge in [-0.05, 0) is 44.1 Å². The molecule has 4 atom stereocenters. The van der Waals surface area contributed by atoms with Crippen LogP contribution in [-0.2, 0) is 0 Å². The first-order valence-corrected chi connectivity index (χ1v) is 10.2. The number of fused-ring (bicyclic) bond motifs is 2. The number of phenols is 1. The second-order valence-electron chi connectivity index (χ2n) is 8.89. The van der Waals surface area contributed by atoms with E-state index in [0.717, 1.165) is 5.69 Å². The number of aromatic nitrogens is 4. The van der Waals surface area contributed by atoms with E-state index in [1.54, 1.807) is 67.7 Å². The molecule has 5 rings (SSSR count). The van der Waals surface area contributed by atoms with E-state index < -0.39 is 23.4 Å². The van der Waals surface area contributed by atoms with Crippen LogP contribution in [0.2, 0.25) is 0 Å². The molecule has 0 spiro atoms. The Morgan fingerprint density at radius 3 is 2.71 bits per heavy atom. The molecular weight excluding hydrogens is 400 g/mol. The average molecular weight is 423 g/mol. The molecule has 2 fully saturated rings. The number of phenolic OH excluding ortho intramolecular Hbond substituents is 1. The Kier molecular flexibility index (Phi) is 4.44. The zero-order valence-electron chi connectivity index (χ0n) is 17.3. The molecule has 2 aromatic heterocycles. The van der Waals surface area contributed by atoms with Gasteiger partial charge in [-0.25, -0.2) is 13.8 Å². The fourth-order valence-corrected chi connectivity index (χ4v) is 4.80. The molecule has 0 saturated carbocycles. The number of alkyl halides is 2. The summed E-state index contributed by atoms with van der Waals surface area (Å²) in [6.45, 7) is 3.53. The van der Waals surface area contributed by atoms with Crippen LogP contribution < -0.4 is 5.32 Å². The number of rotatable bonds is 3. The Bertz CT molecular complexity index is 1150. The summed E-state index contributed by atoms with van der Waals surface area (Å²) in [6, 6.07) is 5.24. The summed E-state index contributed by atoms with van der Waals surface area (Å²) in [5.74, 6) is 0.0696. The molecular formula is C23H23F2N5O. The summed E-state index contributed by atoms with van der Waals surface area (Å²) >= 11 is 0. The molecule has 0 radical (unpaired) electrons. The number of imidazole rings is 1. The fraction of sp³-hybridized carbons (Fsp3) is 0.348. The topological polar surface area (TPSA) is 75.9 Å². The Hall–Kier alpha value is -3.13. The van der Waals surface area contributed by atoms with Gasteiger partial charge in [-0.2, -0.15) is 0 Å². The lowest BCUT2D eigenvalue weighted by Crippen LogP contribution is -2.58. The first-order valence-electron chi connectivity index (χ1n) is 10.2. The molecule has 2 bridgehead atoms. The predicted octanol–water partition coefficient (Wildman–Crippen LogP) is 4.01. The number of hydrogen-bond acceptors (Lipinski definition) is 5. The van der Waals surface area contributed by atoms with Gasteiger partial charge in [0, 0.05) is 30.4 Å². The van der Waals surface area contributed by atoms with Crippen LogP contribution in [0.15, 0.2) is 54.9 Å². The molecule has 2 aliphatic heterocycles. The van der Waals surface area contributed by atoms with Gasteiger partial charge >= 0.3 is 0 Å². The summed E-state index contributed by atoms with van der Waals surface area (Å²) in [5, 5.41) is 13.6. The van der Waals surface area contributed by atoms with Gasteiger partial charge in [0.1, 0.15) is 18.1 Å². The summed E-state index contributed by atoms with van der Waals surface area (Å²) in [5.41, 5.74) is 1.17. The molecule has 31 heavy (non-hydrogen) atoms.